The van der Waals surface area contributed by atoms with Crippen molar-refractivity contribution in [2.45, 2.75) is 51.0 Å². The fourth-order valence-corrected chi connectivity index (χ4v) is 2.74. The van der Waals surface area contributed by atoms with Crippen molar-refractivity contribution in [3.63, 3.8) is 0 Å². The number of rotatable bonds is 1. The number of hydrazine groups is 1. The summed E-state index contributed by atoms with van der Waals surface area (Å²) in [4.78, 5) is 15.6. The molecule has 1 atom stereocenters. The van der Waals surface area contributed by atoms with Crippen LogP contribution in [0.3, 0.4) is 0 Å². The summed E-state index contributed by atoms with van der Waals surface area (Å²) >= 11 is 0. The predicted octanol–water partition coefficient (Wildman–Crippen LogP) is 1.99. The molecular formula is C12H21N3O2. The zero-order chi connectivity index (χ0) is 12.1. The lowest BCUT2D eigenvalue weighted by Crippen LogP contribution is -2.40. The second-order valence-electron chi connectivity index (χ2n) is 4.82. The molecule has 5 heteroatoms. The summed E-state index contributed by atoms with van der Waals surface area (Å²) in [6, 6.07) is 0.456. The zero-order valence-electron chi connectivity index (χ0n) is 10.4. The van der Waals surface area contributed by atoms with Gasteiger partial charge in [-0.3, -0.25) is 10.4 Å². The highest BCUT2D eigenvalue weighted by Gasteiger charge is 2.27. The molecule has 96 valence electrons. The molecule has 1 fully saturated rings. The maximum absolute atomic E-state index is 10.9. The van der Waals surface area contributed by atoms with Crippen molar-refractivity contribution in [3.8, 4) is 0 Å². The van der Waals surface area contributed by atoms with Gasteiger partial charge >= 0.3 is 6.09 Å². The highest BCUT2D eigenvalue weighted by atomic mass is 16.5. The number of amidine groups is 1. The normalized spacial score (nSPS) is 25.2. The van der Waals surface area contributed by atoms with Crippen molar-refractivity contribution in [1.29, 1.82) is 0 Å². The van der Waals surface area contributed by atoms with Gasteiger partial charge in [0.15, 0.2) is 0 Å². The Bertz CT molecular complexity index is 298. The minimum Gasteiger partial charge on any atom is -0.452 e. The Hall–Kier alpha value is -1.26. The third-order valence-corrected chi connectivity index (χ3v) is 3.69. The highest BCUT2D eigenvalue weighted by molar-refractivity contribution is 5.85. The Kier molecular flexibility index (Phi) is 4.23. The van der Waals surface area contributed by atoms with E-state index in [0.717, 1.165) is 24.6 Å². The number of ether oxygens (including phenoxy) is 1. The summed E-state index contributed by atoms with van der Waals surface area (Å²) in [6.07, 6.45) is 8.24. The van der Waals surface area contributed by atoms with Gasteiger partial charge in [-0.1, -0.05) is 19.3 Å². The standard InChI is InChI=1S/C12H21N3O2/c1-17-12(16)15-14-11-8-7-10(13-11)9-5-3-2-4-6-9/h9-10H,2-8H2,1H3,(H,13,14)(H,15,16). The lowest BCUT2D eigenvalue weighted by Gasteiger charge is -2.25. The minimum absolute atomic E-state index is 0.456. The SMILES string of the molecule is COC(=O)NNC1=NC(C2CCCCC2)CC1. The maximum atomic E-state index is 10.9. The number of aliphatic imine (C=N–C) groups is 1. The van der Waals surface area contributed by atoms with E-state index in [2.05, 4.69) is 20.6 Å². The van der Waals surface area contributed by atoms with E-state index in [-0.39, 0.29) is 0 Å². The van der Waals surface area contributed by atoms with Gasteiger partial charge < -0.3 is 4.74 Å². The maximum Gasteiger partial charge on any atom is 0.425 e. The van der Waals surface area contributed by atoms with Gasteiger partial charge in [-0.2, -0.15) is 0 Å². The number of hydrogen-bond acceptors (Lipinski definition) is 4. The monoisotopic (exact) mass is 239 g/mol. The molecule has 1 unspecified atom stereocenters. The molecule has 2 rings (SSSR count). The van der Waals surface area contributed by atoms with Crippen LogP contribution in [0.5, 0.6) is 0 Å². The van der Waals surface area contributed by atoms with Crippen molar-refractivity contribution in [2.24, 2.45) is 10.9 Å². The Balaban J connectivity index is 1.79. The van der Waals surface area contributed by atoms with E-state index in [9.17, 15) is 4.79 Å². The smallest absolute Gasteiger partial charge is 0.425 e. The van der Waals surface area contributed by atoms with Crippen LogP contribution in [0, 0.1) is 5.92 Å². The summed E-state index contributed by atoms with van der Waals surface area (Å²) in [6.45, 7) is 0. The number of methoxy groups -OCH3 is 1. The number of carbonyl (C=O) groups excluding carboxylic acids is 1. The first-order valence-corrected chi connectivity index (χ1v) is 6.46. The van der Waals surface area contributed by atoms with Crippen molar-refractivity contribution >= 4 is 11.9 Å². The van der Waals surface area contributed by atoms with E-state index in [4.69, 9.17) is 0 Å². The molecule has 0 aromatic carbocycles. The Morgan fingerprint density at radius 1 is 1.29 bits per heavy atom. The van der Waals surface area contributed by atoms with Gasteiger partial charge in [-0.25, -0.2) is 10.2 Å². The lowest BCUT2D eigenvalue weighted by molar-refractivity contribution is 0.168. The molecular weight excluding hydrogens is 218 g/mol. The first-order valence-electron chi connectivity index (χ1n) is 6.46. The van der Waals surface area contributed by atoms with Gasteiger partial charge in [0, 0.05) is 6.42 Å². The van der Waals surface area contributed by atoms with Crippen LogP contribution >= 0.6 is 0 Å². The number of hydrogen-bond donors (Lipinski definition) is 2. The molecule has 0 aromatic heterocycles. The molecule has 17 heavy (non-hydrogen) atoms. The summed E-state index contributed by atoms with van der Waals surface area (Å²) in [7, 11) is 1.35. The topological polar surface area (TPSA) is 62.7 Å². The molecule has 0 spiro atoms. The van der Waals surface area contributed by atoms with E-state index in [1.54, 1.807) is 0 Å². The molecule has 5 nitrogen and oxygen atoms in total. The lowest BCUT2D eigenvalue weighted by atomic mass is 9.83. The molecule has 1 aliphatic heterocycles. The number of nitrogens with zero attached hydrogens (tertiary/aromatic N) is 1. The average Bonchev–Trinajstić information content (AvgIpc) is 2.86. The van der Waals surface area contributed by atoms with Gasteiger partial charge in [0.2, 0.25) is 0 Å². The van der Waals surface area contributed by atoms with Gasteiger partial charge in [-0.15, -0.1) is 0 Å². The third-order valence-electron chi connectivity index (χ3n) is 3.69. The van der Waals surface area contributed by atoms with Gasteiger partial charge in [0.05, 0.1) is 13.2 Å². The van der Waals surface area contributed by atoms with Crippen LogP contribution in [0.4, 0.5) is 4.79 Å². The predicted molar refractivity (Wildman–Crippen MR) is 65.7 cm³/mol. The molecule has 0 aromatic rings. The molecule has 0 saturated heterocycles. The first kappa shape index (κ1) is 12.2. The van der Waals surface area contributed by atoms with Crippen molar-refractivity contribution in [1.82, 2.24) is 10.9 Å². The third kappa shape index (κ3) is 3.35. The largest absolute Gasteiger partial charge is 0.452 e. The fraction of sp³-hybridized carbons (Fsp3) is 0.833. The van der Waals surface area contributed by atoms with E-state index in [0.29, 0.717) is 6.04 Å². The summed E-state index contributed by atoms with van der Waals surface area (Å²) in [5.41, 5.74) is 5.28. The van der Waals surface area contributed by atoms with E-state index in [1.807, 2.05) is 0 Å². The van der Waals surface area contributed by atoms with Gasteiger partial charge in [-0.05, 0) is 25.2 Å². The Morgan fingerprint density at radius 2 is 2.06 bits per heavy atom. The molecule has 1 heterocycles. The van der Waals surface area contributed by atoms with Crippen molar-refractivity contribution in [3.05, 3.63) is 0 Å². The van der Waals surface area contributed by atoms with Crippen molar-refractivity contribution < 1.29 is 9.53 Å². The summed E-state index contributed by atoms with van der Waals surface area (Å²) in [5, 5.41) is 0. The van der Waals surface area contributed by atoms with Crippen LogP contribution in [0.1, 0.15) is 44.9 Å². The van der Waals surface area contributed by atoms with E-state index >= 15 is 0 Å². The molecule has 1 aliphatic carbocycles. The molecule has 2 N–H and O–H groups in total. The molecule has 1 amide bonds. The molecule has 0 bridgehead atoms. The van der Waals surface area contributed by atoms with Gasteiger partial charge in [0.1, 0.15) is 5.84 Å². The van der Waals surface area contributed by atoms with Crippen LogP contribution in [0.2, 0.25) is 0 Å². The number of nitrogens with one attached hydrogen (secondary N) is 2. The van der Waals surface area contributed by atoms with E-state index < -0.39 is 6.09 Å². The molecule has 0 radical (unpaired) electrons. The van der Waals surface area contributed by atoms with E-state index in [1.165, 1.54) is 39.2 Å². The highest BCUT2D eigenvalue weighted by Crippen LogP contribution is 2.32. The van der Waals surface area contributed by atoms with Gasteiger partial charge in [0.25, 0.3) is 0 Å². The second kappa shape index (κ2) is 5.89. The molecule has 1 saturated carbocycles. The minimum atomic E-state index is -0.478. The Morgan fingerprint density at radius 3 is 2.76 bits per heavy atom. The zero-order valence-corrected chi connectivity index (χ0v) is 10.4. The van der Waals surface area contributed by atoms with Crippen LogP contribution in [-0.4, -0.2) is 25.1 Å². The van der Waals surface area contributed by atoms with Crippen LogP contribution < -0.4 is 10.9 Å². The first-order chi connectivity index (χ1) is 8.29. The van der Waals surface area contributed by atoms with Crippen LogP contribution in [0.15, 0.2) is 4.99 Å². The molecule has 2 aliphatic rings. The summed E-state index contributed by atoms with van der Waals surface area (Å²) < 4.78 is 4.49. The average molecular weight is 239 g/mol. The van der Waals surface area contributed by atoms with Crippen LogP contribution in [0.25, 0.3) is 0 Å². The second-order valence-corrected chi connectivity index (χ2v) is 4.82. The van der Waals surface area contributed by atoms with Crippen molar-refractivity contribution in [2.75, 3.05) is 7.11 Å². The number of carbonyl (C=O) groups is 1. The fourth-order valence-electron chi connectivity index (χ4n) is 2.74. The summed E-state index contributed by atoms with van der Waals surface area (Å²) in [5.74, 6) is 1.63. The quantitative estimate of drug-likeness (QED) is 0.688. The Labute approximate surface area is 102 Å². The van der Waals surface area contributed by atoms with Crippen LogP contribution in [-0.2, 0) is 4.74 Å². The number of amides is 1.